The molecule has 2 aromatic heterocycles. The number of hydrogen-bond donors (Lipinski definition) is 2. The minimum absolute atomic E-state index is 0.00954. The molecule has 0 spiro atoms. The number of benzene rings is 2. The van der Waals surface area contributed by atoms with Crippen molar-refractivity contribution in [1.29, 1.82) is 0 Å². The fourth-order valence-electron chi connectivity index (χ4n) is 3.32. The highest BCUT2D eigenvalue weighted by molar-refractivity contribution is 7.17. The van der Waals surface area contributed by atoms with Crippen molar-refractivity contribution < 1.29 is 19.4 Å². The van der Waals surface area contributed by atoms with Crippen LogP contribution in [0.1, 0.15) is 17.3 Å². The summed E-state index contributed by atoms with van der Waals surface area (Å²) in [6.07, 6.45) is 0. The number of rotatable bonds is 7. The van der Waals surface area contributed by atoms with Gasteiger partial charge >= 0.3 is 5.97 Å². The van der Waals surface area contributed by atoms with Crippen molar-refractivity contribution in [2.24, 2.45) is 0 Å². The summed E-state index contributed by atoms with van der Waals surface area (Å²) in [5.41, 5.74) is 0.405. The first-order chi connectivity index (χ1) is 15.5. The van der Waals surface area contributed by atoms with Gasteiger partial charge in [0.2, 0.25) is 5.91 Å². The lowest BCUT2D eigenvalue weighted by Crippen LogP contribution is -2.30. The number of carbonyl (C=O) groups excluding carboxylic acids is 1. The number of anilines is 1. The Balaban J connectivity index is 1.79. The van der Waals surface area contributed by atoms with E-state index in [1.165, 1.54) is 9.95 Å². The molecule has 1 amide bonds. The van der Waals surface area contributed by atoms with Gasteiger partial charge in [0, 0.05) is 10.9 Å². The number of thiophene rings is 1. The molecular formula is C23H19N3O5S. The van der Waals surface area contributed by atoms with Gasteiger partial charge in [0.1, 0.15) is 22.9 Å². The highest BCUT2D eigenvalue weighted by Gasteiger charge is 2.22. The van der Waals surface area contributed by atoms with Crippen molar-refractivity contribution >= 4 is 39.1 Å². The Labute approximate surface area is 186 Å². The smallest absolute Gasteiger partial charge is 0.337 e. The normalized spacial score (nSPS) is 10.8. The summed E-state index contributed by atoms with van der Waals surface area (Å²) in [6, 6.07) is 16.0. The van der Waals surface area contributed by atoms with Gasteiger partial charge in [0.05, 0.1) is 23.2 Å². The number of aromatic nitrogens is 2. The third-order valence-corrected chi connectivity index (χ3v) is 5.59. The van der Waals surface area contributed by atoms with Gasteiger partial charge in [-0.3, -0.25) is 14.2 Å². The lowest BCUT2D eigenvalue weighted by molar-refractivity contribution is -0.116. The van der Waals surface area contributed by atoms with Crippen LogP contribution in [0.3, 0.4) is 0 Å². The van der Waals surface area contributed by atoms with Crippen molar-refractivity contribution in [2.45, 2.75) is 13.5 Å². The van der Waals surface area contributed by atoms with Gasteiger partial charge in [-0.2, -0.15) is 0 Å². The summed E-state index contributed by atoms with van der Waals surface area (Å²) < 4.78 is 6.74. The number of aromatic carboxylic acids is 1. The number of amides is 1. The van der Waals surface area contributed by atoms with Crippen molar-refractivity contribution in [2.75, 3.05) is 11.9 Å². The van der Waals surface area contributed by atoms with E-state index in [4.69, 9.17) is 4.74 Å². The number of ether oxygens (including phenoxy) is 1. The molecule has 0 aliphatic rings. The number of carboxylic acid groups (broad SMARTS) is 1. The predicted molar refractivity (Wildman–Crippen MR) is 123 cm³/mol. The number of carboxylic acids is 1. The molecule has 2 N–H and O–H groups in total. The topological polar surface area (TPSA) is 111 Å². The summed E-state index contributed by atoms with van der Waals surface area (Å²) in [5, 5.41) is 13.6. The van der Waals surface area contributed by atoms with Gasteiger partial charge in [-0.1, -0.05) is 42.5 Å². The molecule has 4 aromatic rings. The van der Waals surface area contributed by atoms with Gasteiger partial charge in [0.25, 0.3) is 5.56 Å². The molecular weight excluding hydrogens is 430 g/mol. The molecule has 0 bridgehead atoms. The molecule has 2 heterocycles. The Bertz CT molecular complexity index is 1360. The van der Waals surface area contributed by atoms with Crippen LogP contribution < -0.4 is 15.6 Å². The van der Waals surface area contributed by atoms with Gasteiger partial charge in [0.15, 0.2) is 0 Å². The van der Waals surface area contributed by atoms with E-state index >= 15 is 0 Å². The van der Waals surface area contributed by atoms with Crippen LogP contribution in [-0.2, 0) is 11.3 Å². The maximum absolute atomic E-state index is 13.3. The van der Waals surface area contributed by atoms with Gasteiger partial charge in [-0.15, -0.1) is 11.3 Å². The second-order valence-corrected chi connectivity index (χ2v) is 7.66. The Kier molecular flexibility index (Phi) is 6.00. The molecule has 9 heteroatoms. The molecule has 0 aliphatic heterocycles. The number of nitrogens with zero attached hydrogens (tertiary/aromatic N) is 2. The first-order valence-electron chi connectivity index (χ1n) is 9.82. The number of hydrogen-bond acceptors (Lipinski definition) is 6. The highest BCUT2D eigenvalue weighted by atomic mass is 32.1. The maximum Gasteiger partial charge on any atom is 0.337 e. The van der Waals surface area contributed by atoms with Crippen molar-refractivity contribution in [3.05, 3.63) is 75.9 Å². The highest BCUT2D eigenvalue weighted by Crippen LogP contribution is 2.26. The Morgan fingerprint density at radius 3 is 2.56 bits per heavy atom. The lowest BCUT2D eigenvalue weighted by atomic mass is 10.2. The molecule has 2 aromatic carbocycles. The first kappa shape index (κ1) is 21.3. The molecule has 32 heavy (non-hydrogen) atoms. The monoisotopic (exact) mass is 449 g/mol. The zero-order valence-corrected chi connectivity index (χ0v) is 17.9. The van der Waals surface area contributed by atoms with Crippen molar-refractivity contribution in [3.63, 3.8) is 0 Å². The molecule has 0 radical (unpaired) electrons. The van der Waals surface area contributed by atoms with Crippen LogP contribution in [-0.4, -0.2) is 33.1 Å². The van der Waals surface area contributed by atoms with Gasteiger partial charge < -0.3 is 15.2 Å². The molecule has 4 rings (SSSR count). The molecule has 0 aliphatic carbocycles. The minimum Gasteiger partial charge on any atom is -0.492 e. The number of para-hydroxylation sites is 2. The number of fused-ring (bicyclic) bond motifs is 1. The summed E-state index contributed by atoms with van der Waals surface area (Å²) in [4.78, 5) is 42.7. The zero-order chi connectivity index (χ0) is 22.7. The Morgan fingerprint density at radius 1 is 1.12 bits per heavy atom. The summed E-state index contributed by atoms with van der Waals surface area (Å²) in [7, 11) is 0. The van der Waals surface area contributed by atoms with E-state index in [9.17, 15) is 19.5 Å². The van der Waals surface area contributed by atoms with Crippen LogP contribution >= 0.6 is 11.3 Å². The van der Waals surface area contributed by atoms with Gasteiger partial charge in [-0.05, 0) is 19.1 Å². The van der Waals surface area contributed by atoms with Crippen LogP contribution in [0, 0.1) is 0 Å². The van der Waals surface area contributed by atoms with Crippen molar-refractivity contribution in [1.82, 2.24) is 9.55 Å². The average Bonchev–Trinajstić information content (AvgIpc) is 3.22. The van der Waals surface area contributed by atoms with E-state index in [2.05, 4.69) is 10.3 Å². The quantitative estimate of drug-likeness (QED) is 0.443. The van der Waals surface area contributed by atoms with E-state index < -0.39 is 17.4 Å². The minimum atomic E-state index is -1.22. The third kappa shape index (κ3) is 4.10. The Morgan fingerprint density at radius 2 is 1.84 bits per heavy atom. The predicted octanol–water partition coefficient (Wildman–Crippen LogP) is 3.86. The van der Waals surface area contributed by atoms with Crippen LogP contribution in [0.25, 0.3) is 21.6 Å². The molecule has 0 atom stereocenters. The Hall–Kier alpha value is -3.98. The van der Waals surface area contributed by atoms with Crippen molar-refractivity contribution in [3.8, 4) is 17.1 Å². The number of nitrogens with one attached hydrogen (secondary N) is 1. The fourth-order valence-corrected chi connectivity index (χ4v) is 4.22. The second-order valence-electron chi connectivity index (χ2n) is 6.80. The number of carbonyl (C=O) groups is 2. The summed E-state index contributed by atoms with van der Waals surface area (Å²) in [6.45, 7) is 1.93. The van der Waals surface area contributed by atoms with Crippen LogP contribution in [0.2, 0.25) is 0 Å². The van der Waals surface area contributed by atoms with E-state index in [1.807, 2.05) is 13.0 Å². The van der Waals surface area contributed by atoms with E-state index in [1.54, 1.807) is 48.5 Å². The summed E-state index contributed by atoms with van der Waals surface area (Å²) >= 11 is 1.08. The van der Waals surface area contributed by atoms with Crippen LogP contribution in [0.5, 0.6) is 5.75 Å². The molecule has 0 fully saturated rings. The SMILES string of the molecule is CCOc1ccccc1NC(=O)Cn1c(-c2ccccc2)nc2scc(C(=O)O)c2c1=O. The largest absolute Gasteiger partial charge is 0.492 e. The van der Waals surface area contributed by atoms with E-state index in [-0.39, 0.29) is 23.3 Å². The van der Waals surface area contributed by atoms with Crippen LogP contribution in [0.4, 0.5) is 5.69 Å². The average molecular weight is 449 g/mol. The second kappa shape index (κ2) is 9.03. The zero-order valence-electron chi connectivity index (χ0n) is 17.1. The first-order valence-corrected chi connectivity index (χ1v) is 10.7. The summed E-state index contributed by atoms with van der Waals surface area (Å²) in [5.74, 6) is -0.886. The molecule has 0 saturated carbocycles. The van der Waals surface area contributed by atoms with Crippen LogP contribution in [0.15, 0.2) is 64.8 Å². The third-order valence-electron chi connectivity index (χ3n) is 4.72. The molecule has 162 valence electrons. The molecule has 0 saturated heterocycles. The molecule has 0 unspecified atom stereocenters. The van der Waals surface area contributed by atoms with E-state index in [0.29, 0.717) is 28.4 Å². The lowest BCUT2D eigenvalue weighted by Gasteiger charge is -2.14. The maximum atomic E-state index is 13.3. The van der Waals surface area contributed by atoms with E-state index in [0.717, 1.165) is 11.3 Å². The molecule has 8 nitrogen and oxygen atoms in total. The van der Waals surface area contributed by atoms with Gasteiger partial charge in [-0.25, -0.2) is 9.78 Å². The fraction of sp³-hybridized carbons (Fsp3) is 0.130. The standard InChI is InChI=1S/C23H19N3O5S/c1-2-31-17-11-7-6-10-16(17)24-18(27)12-26-20(14-8-4-3-5-9-14)25-21-19(22(26)28)15(13-32-21)23(29)30/h3-11,13H,2,12H2,1H3,(H,24,27)(H,29,30).